The topological polar surface area (TPSA) is 21.3 Å². The van der Waals surface area contributed by atoms with E-state index in [4.69, 9.17) is 4.74 Å². The molecule has 4 heteroatoms. The molecule has 0 bridgehead atoms. The second-order valence-electron chi connectivity index (χ2n) is 4.49. The lowest BCUT2D eigenvalue weighted by Gasteiger charge is -2.33. The Morgan fingerprint density at radius 2 is 2.25 bits per heavy atom. The van der Waals surface area contributed by atoms with Crippen LogP contribution in [0.4, 0.5) is 0 Å². The molecule has 2 heterocycles. The lowest BCUT2D eigenvalue weighted by atomic mass is 9.89. The van der Waals surface area contributed by atoms with Crippen molar-refractivity contribution in [3.05, 3.63) is 28.2 Å². The zero-order chi connectivity index (χ0) is 10.3. The molecule has 0 aromatic heterocycles. The number of fused-ring (bicyclic) bond motifs is 1. The van der Waals surface area contributed by atoms with E-state index in [0.717, 1.165) is 29.7 Å². The molecule has 1 saturated heterocycles. The summed E-state index contributed by atoms with van der Waals surface area (Å²) in [6.07, 6.45) is 3.45. The van der Waals surface area contributed by atoms with Crippen LogP contribution < -0.4 is 10.1 Å². The molecular formula is C12H15BrClNO. The monoisotopic (exact) mass is 303 g/mol. The largest absolute Gasteiger partial charge is 0.485 e. The van der Waals surface area contributed by atoms with E-state index >= 15 is 0 Å². The molecule has 1 unspecified atom stereocenters. The van der Waals surface area contributed by atoms with Crippen LogP contribution in [0.3, 0.4) is 0 Å². The smallest absolute Gasteiger partial charge is 0.126 e. The second kappa shape index (κ2) is 4.55. The van der Waals surface area contributed by atoms with E-state index in [0.29, 0.717) is 0 Å². The minimum atomic E-state index is 0. The van der Waals surface area contributed by atoms with Crippen LogP contribution in [0.2, 0.25) is 0 Å². The van der Waals surface area contributed by atoms with E-state index in [1.807, 2.05) is 0 Å². The summed E-state index contributed by atoms with van der Waals surface area (Å²) >= 11 is 3.48. The normalized spacial score (nSPS) is 27.1. The van der Waals surface area contributed by atoms with Crippen molar-refractivity contribution in [3.63, 3.8) is 0 Å². The van der Waals surface area contributed by atoms with Crippen molar-refractivity contribution in [3.8, 4) is 5.75 Å². The Bertz CT molecular complexity index is 391. The summed E-state index contributed by atoms with van der Waals surface area (Å²) in [5.74, 6) is 1.06. The van der Waals surface area contributed by atoms with Gasteiger partial charge in [-0.2, -0.15) is 0 Å². The molecule has 1 aromatic rings. The van der Waals surface area contributed by atoms with Crippen molar-refractivity contribution in [2.24, 2.45) is 0 Å². The van der Waals surface area contributed by atoms with Crippen LogP contribution in [0.1, 0.15) is 18.4 Å². The van der Waals surface area contributed by atoms with E-state index in [1.54, 1.807) is 0 Å². The van der Waals surface area contributed by atoms with Gasteiger partial charge in [0.05, 0.1) is 0 Å². The van der Waals surface area contributed by atoms with Crippen molar-refractivity contribution >= 4 is 28.3 Å². The Hall–Kier alpha value is -0.250. The van der Waals surface area contributed by atoms with Crippen LogP contribution in [-0.4, -0.2) is 18.7 Å². The predicted octanol–water partition coefficient (Wildman–Crippen LogP) is 2.93. The Balaban J connectivity index is 0.000000963. The molecule has 2 aliphatic rings. The highest BCUT2D eigenvalue weighted by Crippen LogP contribution is 2.39. The van der Waals surface area contributed by atoms with Gasteiger partial charge >= 0.3 is 0 Å². The zero-order valence-electron chi connectivity index (χ0n) is 8.96. The number of nitrogens with one attached hydrogen (secondary N) is 1. The van der Waals surface area contributed by atoms with Crippen LogP contribution in [0.25, 0.3) is 0 Å². The molecule has 1 atom stereocenters. The first-order valence-corrected chi connectivity index (χ1v) is 6.25. The quantitative estimate of drug-likeness (QED) is 0.796. The van der Waals surface area contributed by atoms with Crippen molar-refractivity contribution < 1.29 is 4.74 Å². The minimum absolute atomic E-state index is 0. The third-order valence-corrected chi connectivity index (χ3v) is 3.79. The summed E-state index contributed by atoms with van der Waals surface area (Å²) in [6, 6.07) is 6.35. The van der Waals surface area contributed by atoms with Gasteiger partial charge in [0.1, 0.15) is 11.4 Å². The maximum Gasteiger partial charge on any atom is 0.126 e. The maximum atomic E-state index is 6.12. The fourth-order valence-electron chi connectivity index (χ4n) is 2.56. The van der Waals surface area contributed by atoms with Gasteiger partial charge in [-0.1, -0.05) is 22.0 Å². The van der Waals surface area contributed by atoms with Gasteiger partial charge in [0, 0.05) is 17.4 Å². The van der Waals surface area contributed by atoms with Gasteiger partial charge in [-0.3, -0.25) is 0 Å². The highest BCUT2D eigenvalue weighted by Gasteiger charge is 2.40. The van der Waals surface area contributed by atoms with E-state index in [-0.39, 0.29) is 18.0 Å². The average molecular weight is 305 g/mol. The van der Waals surface area contributed by atoms with Crippen LogP contribution in [0.15, 0.2) is 22.7 Å². The minimum Gasteiger partial charge on any atom is -0.485 e. The molecule has 2 aliphatic heterocycles. The van der Waals surface area contributed by atoms with Crippen LogP contribution in [0, 0.1) is 0 Å². The molecule has 16 heavy (non-hydrogen) atoms. The van der Waals surface area contributed by atoms with Crippen LogP contribution in [-0.2, 0) is 6.42 Å². The summed E-state index contributed by atoms with van der Waals surface area (Å²) in [4.78, 5) is 0. The Morgan fingerprint density at radius 1 is 1.38 bits per heavy atom. The fraction of sp³-hybridized carbons (Fsp3) is 0.500. The predicted molar refractivity (Wildman–Crippen MR) is 70.6 cm³/mol. The molecule has 1 aromatic carbocycles. The van der Waals surface area contributed by atoms with Gasteiger partial charge in [-0.15, -0.1) is 12.4 Å². The molecule has 88 valence electrons. The number of benzene rings is 1. The molecular weight excluding hydrogens is 289 g/mol. The summed E-state index contributed by atoms with van der Waals surface area (Å²) in [7, 11) is 0. The standard InChI is InChI=1S/C12H14BrNO.ClH/c13-10-3-2-9-7-12(15-11(9)6-10)4-1-5-14-8-12;/h2-3,6,14H,1,4-5,7-8H2;1H. The lowest BCUT2D eigenvalue weighted by molar-refractivity contribution is 0.0659. The molecule has 0 saturated carbocycles. The summed E-state index contributed by atoms with van der Waals surface area (Å²) in [5.41, 5.74) is 1.39. The Kier molecular flexibility index (Phi) is 3.48. The summed E-state index contributed by atoms with van der Waals surface area (Å²) in [5, 5.41) is 3.43. The number of halogens is 2. The highest BCUT2D eigenvalue weighted by molar-refractivity contribution is 9.10. The molecule has 0 radical (unpaired) electrons. The number of rotatable bonds is 0. The van der Waals surface area contributed by atoms with Gasteiger partial charge < -0.3 is 10.1 Å². The summed E-state index contributed by atoms with van der Waals surface area (Å²) < 4.78 is 7.22. The SMILES string of the molecule is Brc1ccc2c(c1)OC1(CCCNC1)C2.Cl. The maximum absolute atomic E-state index is 6.12. The van der Waals surface area contributed by atoms with Crippen molar-refractivity contribution in [2.75, 3.05) is 13.1 Å². The van der Waals surface area contributed by atoms with Crippen LogP contribution >= 0.6 is 28.3 Å². The van der Waals surface area contributed by atoms with Gasteiger partial charge in [0.25, 0.3) is 0 Å². The van der Waals surface area contributed by atoms with E-state index in [1.165, 1.54) is 18.4 Å². The fourth-order valence-corrected chi connectivity index (χ4v) is 2.90. The van der Waals surface area contributed by atoms with Gasteiger partial charge in [0.15, 0.2) is 0 Å². The first kappa shape index (κ1) is 12.2. The van der Waals surface area contributed by atoms with Gasteiger partial charge in [0.2, 0.25) is 0 Å². The number of ether oxygens (including phenoxy) is 1. The average Bonchev–Trinajstić information content (AvgIpc) is 2.56. The van der Waals surface area contributed by atoms with Gasteiger partial charge in [-0.25, -0.2) is 0 Å². The Morgan fingerprint density at radius 3 is 3.00 bits per heavy atom. The van der Waals surface area contributed by atoms with Gasteiger partial charge in [-0.05, 0) is 37.1 Å². The molecule has 1 fully saturated rings. The van der Waals surface area contributed by atoms with E-state index < -0.39 is 0 Å². The zero-order valence-corrected chi connectivity index (χ0v) is 11.4. The lowest BCUT2D eigenvalue weighted by Crippen LogP contribution is -2.49. The third kappa shape index (κ3) is 2.08. The first-order chi connectivity index (χ1) is 7.27. The molecule has 1 spiro atoms. The summed E-state index contributed by atoms with van der Waals surface area (Å²) in [6.45, 7) is 2.12. The number of hydrogen-bond donors (Lipinski definition) is 1. The number of hydrogen-bond acceptors (Lipinski definition) is 2. The van der Waals surface area contributed by atoms with Crippen molar-refractivity contribution in [2.45, 2.75) is 24.9 Å². The molecule has 3 rings (SSSR count). The molecule has 1 N–H and O–H groups in total. The van der Waals surface area contributed by atoms with Crippen LogP contribution in [0.5, 0.6) is 5.75 Å². The number of piperidine rings is 1. The highest BCUT2D eigenvalue weighted by atomic mass is 79.9. The Labute approximate surface area is 110 Å². The molecule has 0 aliphatic carbocycles. The third-order valence-electron chi connectivity index (χ3n) is 3.30. The molecule has 0 amide bonds. The van der Waals surface area contributed by atoms with E-state index in [2.05, 4.69) is 39.4 Å². The second-order valence-corrected chi connectivity index (χ2v) is 5.41. The molecule has 2 nitrogen and oxygen atoms in total. The van der Waals surface area contributed by atoms with Crippen molar-refractivity contribution in [1.29, 1.82) is 0 Å². The van der Waals surface area contributed by atoms with Crippen molar-refractivity contribution in [1.82, 2.24) is 5.32 Å². The van der Waals surface area contributed by atoms with E-state index in [9.17, 15) is 0 Å². The first-order valence-electron chi connectivity index (χ1n) is 5.46.